The molecule has 3 rings (SSSR count). The Kier molecular flexibility index (Phi) is 3.51. The van der Waals surface area contributed by atoms with Gasteiger partial charge in [-0.25, -0.2) is 4.79 Å². The Morgan fingerprint density at radius 3 is 2.50 bits per heavy atom. The van der Waals surface area contributed by atoms with Crippen molar-refractivity contribution in [1.82, 2.24) is 0 Å². The van der Waals surface area contributed by atoms with Gasteiger partial charge in [0.15, 0.2) is 0 Å². The van der Waals surface area contributed by atoms with Crippen molar-refractivity contribution >= 4 is 16.9 Å². The molecule has 0 N–H and O–H groups in total. The molecule has 4 heteroatoms. The topological polar surface area (TPSA) is 56.5 Å². The minimum absolute atomic E-state index is 0.369. The molecule has 0 spiro atoms. The summed E-state index contributed by atoms with van der Waals surface area (Å²) in [6.45, 7) is 3.21. The van der Waals surface area contributed by atoms with Crippen molar-refractivity contribution < 1.29 is 13.9 Å². The Hall–Kier alpha value is -2.88. The maximum atomic E-state index is 12.2. The van der Waals surface area contributed by atoms with Crippen LogP contribution in [0.5, 0.6) is 5.75 Å². The summed E-state index contributed by atoms with van der Waals surface area (Å²) in [6, 6.07) is 14.5. The lowest BCUT2D eigenvalue weighted by Gasteiger charge is -2.07. The predicted octanol–water partition coefficient (Wildman–Crippen LogP) is 3.69. The molecule has 0 saturated heterocycles. The third kappa shape index (κ3) is 2.63. The van der Waals surface area contributed by atoms with E-state index in [1.54, 1.807) is 12.1 Å². The number of esters is 1. The van der Waals surface area contributed by atoms with Gasteiger partial charge in [0.25, 0.3) is 0 Å². The van der Waals surface area contributed by atoms with Crippen molar-refractivity contribution in [3.05, 3.63) is 64.5 Å². The van der Waals surface area contributed by atoms with Crippen LogP contribution in [-0.2, 0) is 4.79 Å². The third-order valence-electron chi connectivity index (χ3n) is 3.38. The van der Waals surface area contributed by atoms with Crippen molar-refractivity contribution in [3.8, 4) is 16.9 Å². The maximum absolute atomic E-state index is 12.2. The number of hydrogen-bond donors (Lipinski definition) is 0. The first-order valence-electron chi connectivity index (χ1n) is 6.87. The van der Waals surface area contributed by atoms with E-state index in [9.17, 15) is 9.59 Å². The lowest BCUT2D eigenvalue weighted by molar-refractivity contribution is -0.131. The van der Waals surface area contributed by atoms with E-state index in [-0.39, 0.29) is 0 Å². The van der Waals surface area contributed by atoms with Gasteiger partial charge in [0.1, 0.15) is 11.3 Å². The van der Waals surface area contributed by atoms with E-state index in [4.69, 9.17) is 9.15 Å². The highest BCUT2D eigenvalue weighted by molar-refractivity contribution is 5.86. The van der Waals surface area contributed by atoms with Crippen molar-refractivity contribution in [2.45, 2.75) is 13.8 Å². The fourth-order valence-electron chi connectivity index (χ4n) is 2.41. The molecule has 2 aromatic carbocycles. The summed E-state index contributed by atoms with van der Waals surface area (Å²) in [5.41, 5.74) is 2.17. The van der Waals surface area contributed by atoms with Gasteiger partial charge in [-0.2, -0.15) is 0 Å². The van der Waals surface area contributed by atoms with E-state index in [2.05, 4.69) is 0 Å². The highest BCUT2D eigenvalue weighted by atomic mass is 16.5. The second kappa shape index (κ2) is 5.48. The van der Waals surface area contributed by atoms with Crippen LogP contribution in [0.1, 0.15) is 12.5 Å². The summed E-state index contributed by atoms with van der Waals surface area (Å²) in [7, 11) is 0. The molecule has 1 aromatic heterocycles. The first kappa shape index (κ1) is 14.1. The zero-order chi connectivity index (χ0) is 15.7. The van der Waals surface area contributed by atoms with Crippen molar-refractivity contribution in [2.75, 3.05) is 0 Å². The van der Waals surface area contributed by atoms with Crippen LogP contribution in [-0.4, -0.2) is 5.97 Å². The minimum Gasteiger partial charge on any atom is -0.427 e. The number of fused-ring (bicyclic) bond motifs is 1. The summed E-state index contributed by atoms with van der Waals surface area (Å²) in [5.74, 6) is -0.0462. The van der Waals surface area contributed by atoms with Crippen LogP contribution in [0.3, 0.4) is 0 Å². The number of aryl methyl sites for hydroxylation is 1. The molecule has 0 bridgehead atoms. The minimum atomic E-state index is -0.418. The lowest BCUT2D eigenvalue weighted by Crippen LogP contribution is -2.05. The van der Waals surface area contributed by atoms with Crippen molar-refractivity contribution in [1.29, 1.82) is 0 Å². The summed E-state index contributed by atoms with van der Waals surface area (Å²) in [5, 5.41) is 0.814. The van der Waals surface area contributed by atoms with Crippen LogP contribution in [0.25, 0.3) is 22.1 Å². The first-order chi connectivity index (χ1) is 10.5. The molecule has 4 nitrogen and oxygen atoms in total. The van der Waals surface area contributed by atoms with Crippen LogP contribution in [0.2, 0.25) is 0 Å². The maximum Gasteiger partial charge on any atom is 0.344 e. The molecule has 0 saturated carbocycles. The Morgan fingerprint density at radius 1 is 1.09 bits per heavy atom. The molecule has 0 aliphatic heterocycles. The zero-order valence-corrected chi connectivity index (χ0v) is 12.3. The highest BCUT2D eigenvalue weighted by Gasteiger charge is 2.11. The van der Waals surface area contributed by atoms with Gasteiger partial charge >= 0.3 is 11.6 Å². The number of carbonyl (C=O) groups excluding carboxylic acids is 1. The summed E-state index contributed by atoms with van der Waals surface area (Å²) in [4.78, 5) is 23.3. The van der Waals surface area contributed by atoms with Gasteiger partial charge < -0.3 is 9.15 Å². The molecule has 3 aromatic rings. The van der Waals surface area contributed by atoms with Gasteiger partial charge in [-0.05, 0) is 30.2 Å². The average Bonchev–Trinajstić information content (AvgIpc) is 2.46. The molecule has 1 heterocycles. The van der Waals surface area contributed by atoms with Gasteiger partial charge in [-0.1, -0.05) is 30.3 Å². The Balaban J connectivity index is 2.21. The summed E-state index contributed by atoms with van der Waals surface area (Å²) >= 11 is 0. The molecule has 0 fully saturated rings. The van der Waals surface area contributed by atoms with Crippen molar-refractivity contribution in [3.63, 3.8) is 0 Å². The summed E-state index contributed by atoms with van der Waals surface area (Å²) < 4.78 is 10.5. The monoisotopic (exact) mass is 294 g/mol. The molecular weight excluding hydrogens is 280 g/mol. The van der Waals surface area contributed by atoms with E-state index in [0.29, 0.717) is 16.9 Å². The molecule has 22 heavy (non-hydrogen) atoms. The Labute approximate surface area is 127 Å². The molecule has 0 amide bonds. The number of hydrogen-bond acceptors (Lipinski definition) is 4. The van der Waals surface area contributed by atoms with Gasteiger partial charge in [0.05, 0.1) is 5.56 Å². The molecular formula is C18H14O4. The van der Waals surface area contributed by atoms with E-state index < -0.39 is 11.6 Å². The quantitative estimate of drug-likeness (QED) is 0.411. The van der Waals surface area contributed by atoms with Gasteiger partial charge in [-0.15, -0.1) is 0 Å². The van der Waals surface area contributed by atoms with E-state index in [1.165, 1.54) is 6.92 Å². The molecule has 0 aliphatic rings. The van der Waals surface area contributed by atoms with Crippen molar-refractivity contribution in [2.24, 2.45) is 0 Å². The number of carbonyl (C=O) groups is 1. The number of ether oxygens (including phenoxy) is 1. The van der Waals surface area contributed by atoms with Gasteiger partial charge in [0, 0.05) is 18.4 Å². The molecule has 0 atom stereocenters. The van der Waals surface area contributed by atoms with Crippen LogP contribution < -0.4 is 10.4 Å². The van der Waals surface area contributed by atoms with Crippen LogP contribution >= 0.6 is 0 Å². The third-order valence-corrected chi connectivity index (χ3v) is 3.38. The smallest absolute Gasteiger partial charge is 0.344 e. The predicted molar refractivity (Wildman–Crippen MR) is 84.0 cm³/mol. The van der Waals surface area contributed by atoms with Gasteiger partial charge in [-0.3, -0.25) is 4.79 Å². The Morgan fingerprint density at radius 2 is 1.82 bits per heavy atom. The van der Waals surface area contributed by atoms with Crippen LogP contribution in [0.15, 0.2) is 57.7 Å². The number of rotatable bonds is 2. The zero-order valence-electron chi connectivity index (χ0n) is 12.3. The average molecular weight is 294 g/mol. The fourth-order valence-corrected chi connectivity index (χ4v) is 2.41. The lowest BCUT2D eigenvalue weighted by atomic mass is 10.0. The highest BCUT2D eigenvalue weighted by Crippen LogP contribution is 2.27. The second-order valence-electron chi connectivity index (χ2n) is 5.06. The largest absolute Gasteiger partial charge is 0.427 e. The number of benzene rings is 2. The van der Waals surface area contributed by atoms with Crippen LogP contribution in [0.4, 0.5) is 0 Å². The first-order valence-corrected chi connectivity index (χ1v) is 6.87. The molecule has 110 valence electrons. The van der Waals surface area contributed by atoms with Crippen LogP contribution in [0, 0.1) is 6.92 Å². The SMILES string of the molecule is CC(=O)Oc1cc(C)c2cc(-c3ccccc3)c(=O)oc2c1. The molecule has 0 aliphatic carbocycles. The fraction of sp³-hybridized carbons (Fsp3) is 0.111. The standard InChI is InChI=1S/C18H14O4/c1-11-8-14(21-12(2)19)9-17-15(11)10-16(18(20)22-17)13-6-4-3-5-7-13/h3-10H,1-2H3. The second-order valence-corrected chi connectivity index (χ2v) is 5.06. The summed E-state index contributed by atoms with van der Waals surface area (Å²) in [6.07, 6.45) is 0. The molecule has 0 unspecified atom stereocenters. The Bertz CT molecular complexity index is 908. The van der Waals surface area contributed by atoms with E-state index in [0.717, 1.165) is 16.5 Å². The van der Waals surface area contributed by atoms with E-state index in [1.807, 2.05) is 43.3 Å². The normalized spacial score (nSPS) is 10.6. The molecule has 0 radical (unpaired) electrons. The van der Waals surface area contributed by atoms with Gasteiger partial charge in [0.2, 0.25) is 0 Å². The van der Waals surface area contributed by atoms with E-state index >= 15 is 0 Å².